The first-order valence-corrected chi connectivity index (χ1v) is 12.6. The molecule has 0 aromatic heterocycles. The van der Waals surface area contributed by atoms with E-state index < -0.39 is 22.4 Å². The third-order valence-corrected chi connectivity index (χ3v) is 7.72. The van der Waals surface area contributed by atoms with Crippen molar-refractivity contribution in [1.82, 2.24) is 4.90 Å². The molecule has 1 saturated carbocycles. The zero-order chi connectivity index (χ0) is 22.6. The quantitative estimate of drug-likeness (QED) is 0.535. The van der Waals surface area contributed by atoms with E-state index in [1.54, 1.807) is 11.8 Å². The van der Waals surface area contributed by atoms with E-state index in [2.05, 4.69) is 0 Å². The fourth-order valence-corrected chi connectivity index (χ4v) is 6.27. The number of hydrogen-bond acceptors (Lipinski definition) is 7. The highest BCUT2D eigenvalue weighted by molar-refractivity contribution is 7.91. The molecule has 0 bridgehead atoms. The third kappa shape index (κ3) is 5.63. The Labute approximate surface area is 187 Å². The van der Waals surface area contributed by atoms with Gasteiger partial charge in [0.25, 0.3) is 5.91 Å². The molecule has 1 atom stereocenters. The number of carbonyl (C=O) groups is 2. The van der Waals surface area contributed by atoms with Gasteiger partial charge in [0.05, 0.1) is 35.8 Å². The maximum Gasteiger partial charge on any atom is 0.338 e. The average molecular weight is 474 g/mol. The Morgan fingerprint density at radius 2 is 1.87 bits per heavy atom. The van der Waals surface area contributed by atoms with E-state index in [1.807, 2.05) is 0 Å². The molecule has 1 aliphatic heterocycles. The first-order valence-electron chi connectivity index (χ1n) is 10.4. The minimum absolute atomic E-state index is 0.00971. The highest BCUT2D eigenvalue weighted by Crippen LogP contribution is 2.36. The lowest BCUT2D eigenvalue weighted by Gasteiger charge is -2.33. The van der Waals surface area contributed by atoms with E-state index >= 15 is 0 Å². The van der Waals surface area contributed by atoms with Crippen LogP contribution in [0.1, 0.15) is 49.4 Å². The Balaban J connectivity index is 1.70. The molecule has 1 aromatic rings. The first kappa shape index (κ1) is 23.7. The Kier molecular flexibility index (Phi) is 7.69. The minimum Gasteiger partial charge on any atom is -0.493 e. The molecule has 1 amide bonds. The van der Waals surface area contributed by atoms with Gasteiger partial charge in [0, 0.05) is 12.1 Å². The second-order valence-electron chi connectivity index (χ2n) is 7.79. The zero-order valence-corrected chi connectivity index (χ0v) is 19.3. The fourth-order valence-electron chi connectivity index (χ4n) is 4.29. The highest BCUT2D eigenvalue weighted by atomic mass is 35.5. The van der Waals surface area contributed by atoms with Crippen LogP contribution in [0.15, 0.2) is 12.1 Å². The second-order valence-corrected chi connectivity index (χ2v) is 10.4. The number of carbonyl (C=O) groups excluding carboxylic acids is 2. The van der Waals surface area contributed by atoms with Crippen LogP contribution < -0.4 is 9.47 Å². The Morgan fingerprint density at radius 3 is 2.45 bits per heavy atom. The average Bonchev–Trinajstić information content (AvgIpc) is 3.37. The monoisotopic (exact) mass is 473 g/mol. The molecule has 10 heteroatoms. The number of sulfone groups is 1. The topological polar surface area (TPSA) is 99.2 Å². The third-order valence-electron chi connectivity index (χ3n) is 5.69. The molecular weight excluding hydrogens is 446 g/mol. The van der Waals surface area contributed by atoms with Crippen molar-refractivity contribution in [1.29, 1.82) is 0 Å². The SMILES string of the molecule is CCOc1c(Cl)cc(C(=O)OCC(=O)N(C2CCCC2)C2CCS(=O)(=O)C2)cc1OC. The van der Waals surface area contributed by atoms with Gasteiger partial charge in [-0.25, -0.2) is 13.2 Å². The molecule has 2 aliphatic rings. The lowest BCUT2D eigenvalue weighted by atomic mass is 10.1. The summed E-state index contributed by atoms with van der Waals surface area (Å²) in [4.78, 5) is 27.2. The van der Waals surface area contributed by atoms with Crippen LogP contribution in [0.3, 0.4) is 0 Å². The summed E-state index contributed by atoms with van der Waals surface area (Å²) < 4.78 is 39.8. The summed E-state index contributed by atoms with van der Waals surface area (Å²) in [5, 5.41) is 0.197. The summed E-state index contributed by atoms with van der Waals surface area (Å²) in [6.45, 7) is 1.72. The molecule has 1 heterocycles. The van der Waals surface area contributed by atoms with E-state index in [0.29, 0.717) is 18.8 Å². The summed E-state index contributed by atoms with van der Waals surface area (Å²) in [5.41, 5.74) is 0.133. The lowest BCUT2D eigenvalue weighted by molar-refractivity contribution is -0.139. The molecule has 0 N–H and O–H groups in total. The smallest absolute Gasteiger partial charge is 0.338 e. The van der Waals surface area contributed by atoms with Gasteiger partial charge >= 0.3 is 5.97 Å². The number of benzene rings is 1. The van der Waals surface area contributed by atoms with E-state index in [4.69, 9.17) is 25.8 Å². The number of nitrogens with zero attached hydrogens (tertiary/aromatic N) is 1. The van der Waals surface area contributed by atoms with Crippen molar-refractivity contribution >= 4 is 33.3 Å². The van der Waals surface area contributed by atoms with Crippen LogP contribution in [-0.4, -0.2) is 69.1 Å². The largest absolute Gasteiger partial charge is 0.493 e. The van der Waals surface area contributed by atoms with Gasteiger partial charge in [0.15, 0.2) is 27.9 Å². The first-order chi connectivity index (χ1) is 14.8. The summed E-state index contributed by atoms with van der Waals surface area (Å²) in [6.07, 6.45) is 4.09. The standard InChI is InChI=1S/C21H28ClNO7S/c1-3-29-20-17(22)10-14(11-18(20)28-2)21(25)30-12-19(24)23(15-6-4-5-7-15)16-8-9-31(26,27)13-16/h10-11,15-16H,3-9,12-13H2,1-2H3. The fraction of sp³-hybridized carbons (Fsp3) is 0.619. The molecule has 1 saturated heterocycles. The van der Waals surface area contributed by atoms with Crippen LogP contribution in [0.2, 0.25) is 5.02 Å². The molecule has 31 heavy (non-hydrogen) atoms. The summed E-state index contributed by atoms with van der Waals surface area (Å²) in [5.74, 6) is -0.424. The Bertz CT molecular complexity index is 928. The number of hydrogen-bond donors (Lipinski definition) is 0. The number of amides is 1. The lowest BCUT2D eigenvalue weighted by Crippen LogP contribution is -2.48. The Hall–Kier alpha value is -2.00. The molecule has 0 radical (unpaired) electrons. The van der Waals surface area contributed by atoms with Gasteiger partial charge in [-0.15, -0.1) is 0 Å². The number of methoxy groups -OCH3 is 1. The van der Waals surface area contributed by atoms with Crippen LogP contribution in [0, 0.1) is 0 Å². The maximum absolute atomic E-state index is 13.0. The molecule has 1 aromatic carbocycles. The summed E-state index contributed by atoms with van der Waals surface area (Å²) >= 11 is 6.20. The van der Waals surface area contributed by atoms with Crippen LogP contribution in [0.4, 0.5) is 0 Å². The molecular formula is C21H28ClNO7S. The van der Waals surface area contributed by atoms with Crippen LogP contribution in [0.25, 0.3) is 0 Å². The molecule has 2 fully saturated rings. The van der Waals surface area contributed by atoms with Gasteiger partial charge in [0.1, 0.15) is 0 Å². The molecule has 172 valence electrons. The van der Waals surface area contributed by atoms with Crippen molar-refractivity contribution in [3.05, 3.63) is 22.7 Å². The molecule has 8 nitrogen and oxygen atoms in total. The molecule has 1 unspecified atom stereocenters. The van der Waals surface area contributed by atoms with Gasteiger partial charge in [0.2, 0.25) is 0 Å². The van der Waals surface area contributed by atoms with E-state index in [9.17, 15) is 18.0 Å². The Morgan fingerprint density at radius 1 is 1.16 bits per heavy atom. The van der Waals surface area contributed by atoms with Crippen LogP contribution in [0.5, 0.6) is 11.5 Å². The van der Waals surface area contributed by atoms with Crippen molar-refractivity contribution in [2.45, 2.75) is 51.1 Å². The molecule has 1 aliphatic carbocycles. The van der Waals surface area contributed by atoms with Crippen molar-refractivity contribution in [3.63, 3.8) is 0 Å². The minimum atomic E-state index is -3.14. The predicted molar refractivity (Wildman–Crippen MR) is 116 cm³/mol. The molecule has 3 rings (SSSR count). The van der Waals surface area contributed by atoms with E-state index in [1.165, 1.54) is 19.2 Å². The van der Waals surface area contributed by atoms with Gasteiger partial charge in [-0.3, -0.25) is 4.79 Å². The van der Waals surface area contributed by atoms with Crippen molar-refractivity contribution in [3.8, 4) is 11.5 Å². The maximum atomic E-state index is 13.0. The predicted octanol–water partition coefficient (Wildman–Crippen LogP) is 2.86. The van der Waals surface area contributed by atoms with Crippen LogP contribution in [-0.2, 0) is 19.4 Å². The van der Waals surface area contributed by atoms with Gasteiger partial charge in [-0.2, -0.15) is 0 Å². The summed E-state index contributed by atoms with van der Waals surface area (Å²) in [7, 11) is -1.71. The number of halogens is 1. The summed E-state index contributed by atoms with van der Waals surface area (Å²) in [6, 6.07) is 2.48. The van der Waals surface area contributed by atoms with Crippen molar-refractivity contribution in [2.24, 2.45) is 0 Å². The van der Waals surface area contributed by atoms with E-state index in [-0.39, 0.29) is 45.8 Å². The van der Waals surface area contributed by atoms with Crippen molar-refractivity contribution < 1.29 is 32.2 Å². The van der Waals surface area contributed by atoms with E-state index in [0.717, 1.165) is 25.7 Å². The molecule has 0 spiro atoms. The van der Waals surface area contributed by atoms with Gasteiger partial charge in [-0.1, -0.05) is 24.4 Å². The highest BCUT2D eigenvalue weighted by Gasteiger charge is 2.39. The number of esters is 1. The van der Waals surface area contributed by atoms with Gasteiger partial charge < -0.3 is 19.1 Å². The number of ether oxygens (including phenoxy) is 3. The zero-order valence-electron chi connectivity index (χ0n) is 17.8. The van der Waals surface area contributed by atoms with Gasteiger partial charge in [-0.05, 0) is 38.3 Å². The van der Waals surface area contributed by atoms with Crippen LogP contribution >= 0.6 is 11.6 Å². The normalized spacial score (nSPS) is 20.4. The van der Waals surface area contributed by atoms with Crippen molar-refractivity contribution in [2.75, 3.05) is 31.8 Å². The second kappa shape index (κ2) is 10.1. The number of rotatable bonds is 8.